The van der Waals surface area contributed by atoms with Crippen LogP contribution in [-0.4, -0.2) is 0 Å². The van der Waals surface area contributed by atoms with Gasteiger partial charge in [0.15, 0.2) is 47.5 Å². The standard InChI is InChI=1S/2C34H33N2O.2C33H31N2O/c1-22-19-23(2)31(29-18-15-25(21-36(29)4)20-24-11-7-5-8-12-24)34-30(22)27-16-17-28(35-3)32(33(27)37-34)26-13-9-6-10-14-26;1-22-19-23(2)31(29-21-25(17-18-36(29)4)20-24-11-7-5-8-12-24)34-30(22)27-15-16-28(35-3)32(33(27)37-34)26-13-9-6-10-14-26;1-20-17-21(2)30(28-18-26(22(3)19-35(28)5)23-11-9-10-12-23)33-29(20)25-15-16-27(34-4)31(32(25)36-33)24-13-7-6-8-14-24;1-21-18-22(2)30(28-17-14-24(20-35(28)4)19-23-10-8-9-11-23)33-29(21)26-15-16-27(34-3)31(32(26)36-33)25-12-6-5-7-13-25/h2*6,9-10,13-19,21,24H,5,7-8,11-12,20H2,1-2,4H3;6-8,13-19,23H,9-12H2,1-3,5H3;5-7,12-18,20,23H,8-11,19H2,1-2,4H3/q4*+1. The molecule has 12 aromatic carbocycles. The summed E-state index contributed by atoms with van der Waals surface area (Å²) in [6.45, 7) is 50.9. The van der Waals surface area contributed by atoms with Gasteiger partial charge >= 0.3 is 0 Å². The normalized spacial score (nSPS) is 14.2. The summed E-state index contributed by atoms with van der Waals surface area (Å²) in [5.41, 5.74) is 42.7. The van der Waals surface area contributed by atoms with Crippen LogP contribution in [0, 0.1) is 106 Å². The van der Waals surface area contributed by atoms with Crippen molar-refractivity contribution in [3.63, 3.8) is 0 Å². The lowest BCUT2D eigenvalue weighted by molar-refractivity contribution is -0.660. The fourth-order valence-corrected chi connectivity index (χ4v) is 25.4. The first-order valence-electron chi connectivity index (χ1n) is 52.8. The van der Waals surface area contributed by atoms with Crippen LogP contribution in [0.25, 0.3) is 197 Å². The third-order valence-electron chi connectivity index (χ3n) is 32.3. The highest BCUT2D eigenvalue weighted by Gasteiger charge is 2.34. The average molecular weight is 1910 g/mol. The maximum absolute atomic E-state index is 7.83. The largest absolute Gasteiger partial charge is 0.456 e. The lowest BCUT2D eigenvalue weighted by Gasteiger charge is -2.21. The monoisotopic (exact) mass is 1910 g/mol. The maximum atomic E-state index is 7.83. The van der Waals surface area contributed by atoms with Gasteiger partial charge < -0.3 is 17.7 Å². The van der Waals surface area contributed by atoms with E-state index in [1.165, 1.54) is 212 Å². The van der Waals surface area contributed by atoms with Crippen molar-refractivity contribution in [1.29, 1.82) is 0 Å². The molecule has 0 unspecified atom stereocenters. The van der Waals surface area contributed by atoms with Crippen LogP contribution < -0.4 is 18.3 Å². The number of hydrogen-bond acceptors (Lipinski definition) is 4. The number of fused-ring (bicyclic) bond motifs is 12. The van der Waals surface area contributed by atoms with Crippen LogP contribution in [0.2, 0.25) is 0 Å². The first kappa shape index (κ1) is 96.5. The van der Waals surface area contributed by atoms with Gasteiger partial charge in [0, 0.05) is 112 Å². The van der Waals surface area contributed by atoms with E-state index in [2.05, 4.69) is 292 Å². The molecule has 8 aromatic heterocycles. The van der Waals surface area contributed by atoms with E-state index in [0.717, 1.165) is 190 Å². The van der Waals surface area contributed by atoms with Crippen LogP contribution in [0.4, 0.5) is 22.7 Å². The summed E-state index contributed by atoms with van der Waals surface area (Å²) < 4.78 is 36.2. The first-order chi connectivity index (χ1) is 71.1. The molecule has 724 valence electrons. The molecule has 0 spiro atoms. The fourth-order valence-electron chi connectivity index (χ4n) is 25.4. The van der Waals surface area contributed by atoms with Crippen LogP contribution >= 0.6 is 0 Å². The summed E-state index contributed by atoms with van der Waals surface area (Å²) in [7, 11) is 8.56. The summed E-state index contributed by atoms with van der Waals surface area (Å²) in [5.74, 6) is 3.08. The highest BCUT2D eigenvalue weighted by Crippen LogP contribution is 2.53. The topological polar surface area (TPSA) is 85.5 Å². The van der Waals surface area contributed by atoms with Crippen LogP contribution in [0.1, 0.15) is 194 Å². The van der Waals surface area contributed by atoms with Crippen molar-refractivity contribution in [3.05, 3.63) is 379 Å². The molecule has 12 heteroatoms. The van der Waals surface area contributed by atoms with Crippen LogP contribution in [-0.2, 0) is 47.5 Å². The SMILES string of the molecule is [C-]#[N+]c1ccc2c(oc3c(-c4cc(C5CCCC5)c(C)c[n+]4C)c(C)cc(C)c32)c1-c1ccccc1.[C-]#[N+]c1ccc2c(oc3c(-c4cc(CC5CCCCC5)cc[n+]4C)c(C)cc(C)c32)c1-c1ccccc1.[C-]#[N+]c1ccc2c(oc3c(-c4ccc(CC5CCCC5)c[n+]4C)c(C)cc(C)c32)c1-c1ccccc1.[C-]#[N+]c1ccc2c(oc3c(-c4ccc(CC5CCCCC5)c[n+]4C)c(C)cc(C)c32)c1-c1ccccc1. The second-order valence-electron chi connectivity index (χ2n) is 42.3. The zero-order valence-corrected chi connectivity index (χ0v) is 86.7. The molecule has 12 nitrogen and oxygen atoms in total. The summed E-state index contributed by atoms with van der Waals surface area (Å²) in [4.78, 5) is 15.4. The smallest absolute Gasteiger partial charge is 0.216 e. The van der Waals surface area contributed by atoms with Gasteiger partial charge in [-0.1, -0.05) is 297 Å². The van der Waals surface area contributed by atoms with E-state index in [-0.39, 0.29) is 0 Å². The minimum Gasteiger partial charge on any atom is -0.456 e. The molecule has 0 saturated heterocycles. The molecule has 4 aliphatic rings. The molecule has 24 rings (SSSR count). The summed E-state index contributed by atoms with van der Waals surface area (Å²) in [5, 5.41) is 8.82. The third kappa shape index (κ3) is 18.3. The van der Waals surface area contributed by atoms with Crippen molar-refractivity contribution >= 4 is 111 Å². The summed E-state index contributed by atoms with van der Waals surface area (Å²) in [6.07, 6.45) is 36.9. The van der Waals surface area contributed by atoms with Crippen LogP contribution in [0.5, 0.6) is 0 Å². The molecule has 4 aliphatic carbocycles. The van der Waals surface area contributed by atoms with Gasteiger partial charge in [0.2, 0.25) is 22.8 Å². The van der Waals surface area contributed by atoms with Crippen LogP contribution in [0.3, 0.4) is 0 Å². The molecule has 20 aromatic rings. The van der Waals surface area contributed by atoms with E-state index in [1.54, 1.807) is 0 Å². The molecular formula is C134H128N8O4+4. The van der Waals surface area contributed by atoms with Gasteiger partial charge in [-0.15, -0.1) is 0 Å². The Morgan fingerprint density at radius 1 is 0.247 bits per heavy atom. The molecule has 0 aliphatic heterocycles. The second kappa shape index (κ2) is 41.3. The number of pyridine rings is 4. The predicted molar refractivity (Wildman–Crippen MR) is 598 cm³/mol. The molecular weight excluding hydrogens is 1790 g/mol. The average Bonchev–Trinajstić information content (AvgIpc) is 1.61. The van der Waals surface area contributed by atoms with Gasteiger partial charge in [0.05, 0.1) is 48.5 Å². The molecule has 4 saturated carbocycles. The summed E-state index contributed by atoms with van der Waals surface area (Å²) in [6, 6.07) is 81.9. The van der Waals surface area contributed by atoms with E-state index < -0.39 is 0 Å². The number of hydrogen-bond donors (Lipinski definition) is 0. The molecule has 0 atom stereocenters. The highest BCUT2D eigenvalue weighted by molar-refractivity contribution is 6.21. The van der Waals surface area contributed by atoms with Crippen LogP contribution in [0.15, 0.2) is 279 Å². The molecule has 146 heavy (non-hydrogen) atoms. The minimum atomic E-state index is 0.616. The molecule has 8 heterocycles. The minimum absolute atomic E-state index is 0.616. The predicted octanol–water partition coefficient (Wildman–Crippen LogP) is 35.6. The molecule has 0 N–H and O–H groups in total. The van der Waals surface area contributed by atoms with Crippen molar-refractivity contribution < 1.29 is 35.9 Å². The second-order valence-corrected chi connectivity index (χ2v) is 42.3. The van der Waals surface area contributed by atoms with Crippen molar-refractivity contribution in [1.82, 2.24) is 0 Å². The van der Waals surface area contributed by atoms with E-state index in [4.69, 9.17) is 44.0 Å². The molecule has 0 bridgehead atoms. The number of aryl methyl sites for hydroxylation is 13. The number of rotatable bonds is 15. The van der Waals surface area contributed by atoms with Crippen molar-refractivity contribution in [2.45, 2.75) is 203 Å². The molecule has 0 radical (unpaired) electrons. The Hall–Kier alpha value is -15.6. The Labute approximate surface area is 858 Å². The lowest BCUT2D eigenvalue weighted by Crippen LogP contribution is -2.32. The Balaban J connectivity index is 0.000000114. The Morgan fingerprint density at radius 2 is 0.527 bits per heavy atom. The lowest BCUT2D eigenvalue weighted by atomic mass is 9.84. The van der Waals surface area contributed by atoms with Gasteiger partial charge in [-0.3, -0.25) is 0 Å². The fraction of sp³-hybridized carbons (Fsp3) is 0.284. The zero-order chi connectivity index (χ0) is 101. The Morgan fingerprint density at radius 3 is 0.836 bits per heavy atom. The van der Waals surface area contributed by atoms with Crippen molar-refractivity contribution in [2.75, 3.05) is 0 Å². The Kier molecular flexibility index (Phi) is 27.3. The van der Waals surface area contributed by atoms with Gasteiger partial charge in [0.25, 0.3) is 0 Å². The van der Waals surface area contributed by atoms with E-state index in [0.29, 0.717) is 28.7 Å². The van der Waals surface area contributed by atoms with E-state index in [1.807, 2.05) is 97.1 Å². The van der Waals surface area contributed by atoms with Gasteiger partial charge in [-0.25, -0.2) is 37.6 Å². The summed E-state index contributed by atoms with van der Waals surface area (Å²) >= 11 is 0. The third-order valence-corrected chi connectivity index (χ3v) is 32.3. The number of nitrogens with zero attached hydrogens (tertiary/aromatic N) is 8. The number of benzene rings is 12. The van der Waals surface area contributed by atoms with Gasteiger partial charge in [-0.2, -0.15) is 0 Å². The number of aromatic nitrogens is 4. The molecule has 4 fully saturated rings. The Bertz CT molecular complexity index is 8680. The quantitative estimate of drug-likeness (QED) is 0.0756. The van der Waals surface area contributed by atoms with Gasteiger partial charge in [-0.05, 0) is 208 Å². The zero-order valence-electron chi connectivity index (χ0n) is 86.7. The van der Waals surface area contributed by atoms with Crippen molar-refractivity contribution in [3.8, 4) is 89.5 Å². The molecule has 0 amide bonds. The van der Waals surface area contributed by atoms with Crippen molar-refractivity contribution in [2.24, 2.45) is 45.9 Å². The highest BCUT2D eigenvalue weighted by atomic mass is 16.3. The van der Waals surface area contributed by atoms with E-state index >= 15 is 0 Å². The van der Waals surface area contributed by atoms with Gasteiger partial charge in [0.1, 0.15) is 72.9 Å². The number of furan rings is 4. The van der Waals surface area contributed by atoms with E-state index in [9.17, 15) is 0 Å². The first-order valence-corrected chi connectivity index (χ1v) is 52.8. The maximum Gasteiger partial charge on any atom is 0.216 e.